The highest BCUT2D eigenvalue weighted by molar-refractivity contribution is 4.63. The Morgan fingerprint density at radius 1 is 0.385 bits per heavy atom. The van der Waals surface area contributed by atoms with Gasteiger partial charge in [-0.05, 0) is 17.8 Å². The molecule has 0 bridgehead atoms. The van der Waals surface area contributed by atoms with Crippen LogP contribution in [-0.2, 0) is 0 Å². The van der Waals surface area contributed by atoms with Crippen molar-refractivity contribution in [1.82, 2.24) is 0 Å². The maximum Gasteiger partial charge on any atom is -0.0414 e. The average Bonchev–Trinajstić information content (AvgIpc) is 2.58. The fourth-order valence-electron chi connectivity index (χ4n) is 4.15. The smallest absolute Gasteiger partial charge is 0.0414 e. The summed E-state index contributed by atoms with van der Waals surface area (Å²) < 4.78 is 0. The molecule has 1 atom stereocenters. The molecular formula is C26H54. The lowest BCUT2D eigenvalue weighted by atomic mass is 9.88. The SMILES string of the molecule is CCCCCCCCCCCC(CCCCCC(C)C)CCCC(C)C. The molecule has 0 nitrogen and oxygen atoms in total. The Morgan fingerprint density at radius 2 is 0.731 bits per heavy atom. The first-order valence-corrected chi connectivity index (χ1v) is 12.6. The zero-order valence-electron chi connectivity index (χ0n) is 19.5. The average molecular weight is 367 g/mol. The summed E-state index contributed by atoms with van der Waals surface area (Å²) >= 11 is 0. The Kier molecular flexibility index (Phi) is 19.8. The monoisotopic (exact) mass is 366 g/mol. The molecule has 0 amide bonds. The zero-order chi connectivity index (χ0) is 19.5. The van der Waals surface area contributed by atoms with Gasteiger partial charge in [-0.25, -0.2) is 0 Å². The van der Waals surface area contributed by atoms with E-state index in [1.165, 1.54) is 116 Å². The highest BCUT2D eigenvalue weighted by Gasteiger charge is 2.09. The lowest BCUT2D eigenvalue weighted by Crippen LogP contribution is -2.02. The van der Waals surface area contributed by atoms with Gasteiger partial charge >= 0.3 is 0 Å². The van der Waals surface area contributed by atoms with Crippen LogP contribution in [-0.4, -0.2) is 0 Å². The quantitative estimate of drug-likeness (QED) is 0.188. The Morgan fingerprint density at radius 3 is 1.23 bits per heavy atom. The second kappa shape index (κ2) is 19.8. The molecule has 158 valence electrons. The molecule has 0 rings (SSSR count). The van der Waals surface area contributed by atoms with Crippen LogP contribution in [0.2, 0.25) is 0 Å². The summed E-state index contributed by atoms with van der Waals surface area (Å²) in [5, 5.41) is 0. The van der Waals surface area contributed by atoms with Gasteiger partial charge in [-0.2, -0.15) is 0 Å². The Hall–Kier alpha value is 0. The number of hydrogen-bond donors (Lipinski definition) is 0. The van der Waals surface area contributed by atoms with Crippen LogP contribution in [0.4, 0.5) is 0 Å². The van der Waals surface area contributed by atoms with Crippen LogP contribution in [0.1, 0.15) is 150 Å². The van der Waals surface area contributed by atoms with E-state index in [-0.39, 0.29) is 0 Å². The maximum atomic E-state index is 2.38. The molecule has 0 aromatic heterocycles. The zero-order valence-corrected chi connectivity index (χ0v) is 19.5. The van der Waals surface area contributed by atoms with Gasteiger partial charge < -0.3 is 0 Å². The normalized spacial score (nSPS) is 13.0. The molecule has 0 aliphatic rings. The molecule has 26 heavy (non-hydrogen) atoms. The molecule has 0 aliphatic heterocycles. The predicted molar refractivity (Wildman–Crippen MR) is 122 cm³/mol. The summed E-state index contributed by atoms with van der Waals surface area (Å²) in [5.74, 6) is 2.80. The van der Waals surface area contributed by atoms with Crippen LogP contribution in [0.25, 0.3) is 0 Å². The maximum absolute atomic E-state index is 2.38. The van der Waals surface area contributed by atoms with E-state index in [9.17, 15) is 0 Å². The van der Waals surface area contributed by atoms with Gasteiger partial charge in [-0.3, -0.25) is 0 Å². The van der Waals surface area contributed by atoms with E-state index in [0.717, 1.165) is 17.8 Å². The highest BCUT2D eigenvalue weighted by atomic mass is 14.2. The second-order valence-corrected chi connectivity index (χ2v) is 9.84. The van der Waals surface area contributed by atoms with Crippen LogP contribution >= 0.6 is 0 Å². The van der Waals surface area contributed by atoms with E-state index in [2.05, 4.69) is 34.6 Å². The van der Waals surface area contributed by atoms with Crippen molar-refractivity contribution in [2.75, 3.05) is 0 Å². The summed E-state index contributed by atoms with van der Waals surface area (Å²) in [4.78, 5) is 0. The van der Waals surface area contributed by atoms with Crippen LogP contribution < -0.4 is 0 Å². The van der Waals surface area contributed by atoms with Gasteiger partial charge in [0.2, 0.25) is 0 Å². The van der Waals surface area contributed by atoms with Gasteiger partial charge in [0, 0.05) is 0 Å². The number of hydrogen-bond acceptors (Lipinski definition) is 0. The van der Waals surface area contributed by atoms with Crippen LogP contribution in [0.5, 0.6) is 0 Å². The summed E-state index contributed by atoms with van der Waals surface area (Å²) in [7, 11) is 0. The summed E-state index contributed by atoms with van der Waals surface area (Å²) in [6, 6.07) is 0. The molecule has 0 aromatic rings. The van der Waals surface area contributed by atoms with Crippen molar-refractivity contribution in [2.24, 2.45) is 17.8 Å². The van der Waals surface area contributed by atoms with E-state index in [4.69, 9.17) is 0 Å². The van der Waals surface area contributed by atoms with E-state index in [1.807, 2.05) is 0 Å². The lowest BCUT2D eigenvalue weighted by Gasteiger charge is -2.18. The van der Waals surface area contributed by atoms with Crippen molar-refractivity contribution in [1.29, 1.82) is 0 Å². The van der Waals surface area contributed by atoms with Gasteiger partial charge in [-0.15, -0.1) is 0 Å². The summed E-state index contributed by atoms with van der Waals surface area (Å²) in [6.45, 7) is 11.8. The van der Waals surface area contributed by atoms with Crippen LogP contribution in [0.15, 0.2) is 0 Å². The van der Waals surface area contributed by atoms with Gasteiger partial charge in [0.15, 0.2) is 0 Å². The van der Waals surface area contributed by atoms with E-state index >= 15 is 0 Å². The van der Waals surface area contributed by atoms with Crippen LogP contribution in [0, 0.1) is 17.8 Å². The van der Waals surface area contributed by atoms with E-state index in [0.29, 0.717) is 0 Å². The molecule has 0 heterocycles. The standard InChI is InChI=1S/C26H54/c1-6-7-8-9-10-11-12-13-16-21-26(23-18-20-25(4)5)22-17-14-15-19-24(2)3/h24-26H,6-23H2,1-5H3. The lowest BCUT2D eigenvalue weighted by molar-refractivity contribution is 0.357. The predicted octanol–water partition coefficient (Wildman–Crippen LogP) is 9.96. The topological polar surface area (TPSA) is 0 Å². The minimum absolute atomic E-state index is 0.884. The Balaban J connectivity index is 3.75. The third kappa shape index (κ3) is 20.3. The number of rotatable bonds is 20. The molecule has 0 aromatic carbocycles. The minimum atomic E-state index is 0.884. The highest BCUT2D eigenvalue weighted by Crippen LogP contribution is 2.25. The van der Waals surface area contributed by atoms with Crippen molar-refractivity contribution in [2.45, 2.75) is 150 Å². The molecule has 0 spiro atoms. The van der Waals surface area contributed by atoms with Crippen molar-refractivity contribution < 1.29 is 0 Å². The van der Waals surface area contributed by atoms with E-state index < -0.39 is 0 Å². The first kappa shape index (κ1) is 26.0. The van der Waals surface area contributed by atoms with Crippen molar-refractivity contribution in [3.8, 4) is 0 Å². The third-order valence-corrected chi connectivity index (χ3v) is 6.00. The molecule has 0 heteroatoms. The fourth-order valence-corrected chi connectivity index (χ4v) is 4.15. The van der Waals surface area contributed by atoms with Crippen molar-refractivity contribution in [3.05, 3.63) is 0 Å². The summed E-state index contributed by atoms with van der Waals surface area (Å²) in [5.41, 5.74) is 0. The molecule has 1 unspecified atom stereocenters. The minimum Gasteiger partial charge on any atom is -0.0654 e. The van der Waals surface area contributed by atoms with Gasteiger partial charge in [0.05, 0.1) is 0 Å². The van der Waals surface area contributed by atoms with Crippen molar-refractivity contribution >= 4 is 0 Å². The molecule has 0 aliphatic carbocycles. The van der Waals surface area contributed by atoms with Gasteiger partial charge in [-0.1, -0.05) is 150 Å². The Labute approximate surface area is 168 Å². The molecule has 0 fully saturated rings. The molecular weight excluding hydrogens is 312 g/mol. The third-order valence-electron chi connectivity index (χ3n) is 6.00. The van der Waals surface area contributed by atoms with Gasteiger partial charge in [0.25, 0.3) is 0 Å². The molecule has 0 radical (unpaired) electrons. The second-order valence-electron chi connectivity index (χ2n) is 9.84. The molecule has 0 saturated carbocycles. The summed E-state index contributed by atoms with van der Waals surface area (Å²) in [6.07, 6.45) is 26.4. The molecule has 0 N–H and O–H groups in total. The first-order chi connectivity index (χ1) is 12.6. The first-order valence-electron chi connectivity index (χ1n) is 12.6. The van der Waals surface area contributed by atoms with Crippen molar-refractivity contribution in [3.63, 3.8) is 0 Å². The van der Waals surface area contributed by atoms with Crippen LogP contribution in [0.3, 0.4) is 0 Å². The number of unbranched alkanes of at least 4 members (excludes halogenated alkanes) is 10. The van der Waals surface area contributed by atoms with Gasteiger partial charge in [0.1, 0.15) is 0 Å². The molecule has 0 saturated heterocycles. The van der Waals surface area contributed by atoms with E-state index in [1.54, 1.807) is 0 Å². The Bertz CT molecular complexity index is 253. The fraction of sp³-hybridized carbons (Fsp3) is 1.00. The largest absolute Gasteiger partial charge is 0.0654 e.